The highest BCUT2D eigenvalue weighted by Crippen LogP contribution is 2.19. The molecule has 0 amide bonds. The van der Waals surface area contributed by atoms with Gasteiger partial charge in [0.15, 0.2) is 13.3 Å². The van der Waals surface area contributed by atoms with Crippen LogP contribution < -0.4 is 10.2 Å². The van der Waals surface area contributed by atoms with Gasteiger partial charge in [0.25, 0.3) is 0 Å². The summed E-state index contributed by atoms with van der Waals surface area (Å²) < 4.78 is 2.25. The molecule has 3 aromatic rings. The third-order valence-electron chi connectivity index (χ3n) is 3.71. The number of hydrogen-bond acceptors (Lipinski definition) is 3. The monoisotopic (exact) mass is 266 g/mol. The topological polar surface area (TPSA) is 47.2 Å². The molecule has 3 heterocycles. The number of hydrogen-bond donors (Lipinski definition) is 2. The van der Waals surface area contributed by atoms with Crippen molar-refractivity contribution in [3.8, 4) is 0 Å². The van der Waals surface area contributed by atoms with Gasteiger partial charge in [-0.2, -0.15) is 0 Å². The molecule has 1 aliphatic heterocycles. The van der Waals surface area contributed by atoms with Crippen molar-refractivity contribution in [1.82, 2.24) is 14.5 Å². The van der Waals surface area contributed by atoms with Gasteiger partial charge in [0.1, 0.15) is 6.54 Å². The first kappa shape index (κ1) is 11.4. The van der Waals surface area contributed by atoms with E-state index < -0.39 is 0 Å². The zero-order valence-electron chi connectivity index (χ0n) is 11.1. The van der Waals surface area contributed by atoms with Gasteiger partial charge in [0.2, 0.25) is 5.95 Å². The molecule has 5 heteroatoms. The molecular formula is C15H16N5+. The molecule has 1 unspecified atom stereocenters. The van der Waals surface area contributed by atoms with Gasteiger partial charge in [-0.25, -0.2) is 4.98 Å². The van der Waals surface area contributed by atoms with Gasteiger partial charge >= 0.3 is 0 Å². The fraction of sp³-hybridized carbons (Fsp3) is 0.200. The number of fused-ring (bicyclic) bond motifs is 3. The zero-order valence-corrected chi connectivity index (χ0v) is 11.1. The van der Waals surface area contributed by atoms with E-state index in [4.69, 9.17) is 0 Å². The number of nitrogens with zero attached hydrogens (tertiary/aromatic N) is 3. The van der Waals surface area contributed by atoms with E-state index in [0.29, 0.717) is 0 Å². The predicted molar refractivity (Wildman–Crippen MR) is 77.1 cm³/mol. The van der Waals surface area contributed by atoms with Gasteiger partial charge in [-0.3, -0.25) is 14.5 Å². The van der Waals surface area contributed by atoms with Gasteiger partial charge in [0.05, 0.1) is 11.0 Å². The van der Waals surface area contributed by atoms with Crippen LogP contribution in [0, 0.1) is 0 Å². The van der Waals surface area contributed by atoms with Crippen LogP contribution in [0.2, 0.25) is 0 Å². The van der Waals surface area contributed by atoms with Crippen LogP contribution in [-0.4, -0.2) is 21.2 Å². The van der Waals surface area contributed by atoms with Crippen molar-refractivity contribution >= 4 is 17.0 Å². The van der Waals surface area contributed by atoms with Gasteiger partial charge in [-0.15, -0.1) is 0 Å². The van der Waals surface area contributed by atoms with Crippen molar-refractivity contribution in [2.45, 2.75) is 13.2 Å². The van der Waals surface area contributed by atoms with E-state index in [1.165, 1.54) is 16.0 Å². The molecule has 0 aliphatic carbocycles. The molecule has 5 nitrogen and oxygen atoms in total. The minimum atomic E-state index is 0.887. The summed E-state index contributed by atoms with van der Waals surface area (Å²) in [5.41, 5.74) is 3.51. The molecule has 0 fully saturated rings. The molecule has 0 spiro atoms. The molecule has 100 valence electrons. The molecule has 2 N–H and O–H groups in total. The van der Waals surface area contributed by atoms with E-state index in [-0.39, 0.29) is 0 Å². The van der Waals surface area contributed by atoms with Crippen LogP contribution in [-0.2, 0) is 13.2 Å². The minimum Gasteiger partial charge on any atom is -0.309 e. The lowest BCUT2D eigenvalue weighted by molar-refractivity contribution is -0.935. The Morgan fingerprint density at radius 1 is 1.20 bits per heavy atom. The Balaban J connectivity index is 1.63. The van der Waals surface area contributed by atoms with E-state index in [0.717, 1.165) is 31.3 Å². The Morgan fingerprint density at radius 3 is 3.05 bits per heavy atom. The summed E-state index contributed by atoms with van der Waals surface area (Å²) in [5.74, 6) is 0.973. The van der Waals surface area contributed by atoms with Crippen molar-refractivity contribution in [3.63, 3.8) is 0 Å². The maximum atomic E-state index is 4.62. The second-order valence-electron chi connectivity index (χ2n) is 5.15. The largest absolute Gasteiger partial charge is 0.309 e. The number of rotatable bonds is 2. The average Bonchev–Trinajstić information content (AvgIpc) is 2.86. The minimum absolute atomic E-state index is 0.887. The highest BCUT2D eigenvalue weighted by atomic mass is 15.4. The first-order valence-electron chi connectivity index (χ1n) is 6.82. The Kier molecular flexibility index (Phi) is 2.63. The van der Waals surface area contributed by atoms with Crippen LogP contribution in [0.15, 0.2) is 48.8 Å². The van der Waals surface area contributed by atoms with Crippen molar-refractivity contribution in [1.29, 1.82) is 0 Å². The maximum Gasteiger partial charge on any atom is 0.212 e. The van der Waals surface area contributed by atoms with Crippen LogP contribution in [0.1, 0.15) is 5.56 Å². The first-order chi connectivity index (χ1) is 9.90. The van der Waals surface area contributed by atoms with E-state index in [1.54, 1.807) is 0 Å². The van der Waals surface area contributed by atoms with Crippen LogP contribution in [0.25, 0.3) is 11.0 Å². The Hall–Kier alpha value is -2.40. The fourth-order valence-corrected chi connectivity index (χ4v) is 2.76. The summed E-state index contributed by atoms with van der Waals surface area (Å²) in [6.07, 6.45) is 3.75. The molecule has 0 radical (unpaired) electrons. The molecule has 2 aromatic heterocycles. The normalized spacial score (nSPS) is 17.7. The second kappa shape index (κ2) is 4.61. The summed E-state index contributed by atoms with van der Waals surface area (Å²) in [5, 5.41) is 3.42. The molecule has 20 heavy (non-hydrogen) atoms. The number of benzene rings is 1. The molecular weight excluding hydrogens is 250 g/mol. The van der Waals surface area contributed by atoms with Crippen molar-refractivity contribution in [2.24, 2.45) is 0 Å². The lowest BCUT2D eigenvalue weighted by Gasteiger charge is -2.26. The van der Waals surface area contributed by atoms with Crippen molar-refractivity contribution in [3.05, 3.63) is 54.4 Å². The molecule has 0 bridgehead atoms. The summed E-state index contributed by atoms with van der Waals surface area (Å²) in [6.45, 7) is 2.78. The van der Waals surface area contributed by atoms with E-state index in [1.807, 2.05) is 24.5 Å². The number of nitrogens with one attached hydrogen (secondary N) is 2. The summed E-state index contributed by atoms with van der Waals surface area (Å²) >= 11 is 0. The third kappa shape index (κ3) is 1.92. The van der Waals surface area contributed by atoms with Crippen LogP contribution in [0.5, 0.6) is 0 Å². The number of pyridine rings is 1. The third-order valence-corrected chi connectivity index (χ3v) is 3.71. The first-order valence-corrected chi connectivity index (χ1v) is 6.82. The van der Waals surface area contributed by atoms with E-state index in [9.17, 15) is 0 Å². The van der Waals surface area contributed by atoms with Gasteiger partial charge in [0, 0.05) is 18.0 Å². The highest BCUT2D eigenvalue weighted by Gasteiger charge is 2.21. The number of imidazole rings is 1. The quantitative estimate of drug-likeness (QED) is 0.723. The van der Waals surface area contributed by atoms with Crippen molar-refractivity contribution in [2.75, 3.05) is 12.0 Å². The molecule has 1 atom stereocenters. The van der Waals surface area contributed by atoms with Crippen LogP contribution in [0.3, 0.4) is 0 Å². The Bertz CT molecular complexity index is 734. The molecule has 0 saturated carbocycles. The van der Waals surface area contributed by atoms with Gasteiger partial charge < -0.3 is 5.32 Å². The SMILES string of the molecule is c1cncc(C[NH+]2CNc3nc4ccccc4n3C2)c1. The molecule has 1 aliphatic rings. The number of aromatic nitrogens is 3. The summed E-state index contributed by atoms with van der Waals surface area (Å²) in [7, 11) is 0. The number of anilines is 1. The predicted octanol–water partition coefficient (Wildman–Crippen LogP) is 0.857. The smallest absolute Gasteiger partial charge is 0.212 e. The van der Waals surface area contributed by atoms with Gasteiger partial charge in [-0.1, -0.05) is 18.2 Å². The average molecular weight is 266 g/mol. The zero-order chi connectivity index (χ0) is 13.4. The molecule has 1 aromatic carbocycles. The highest BCUT2D eigenvalue weighted by molar-refractivity contribution is 5.78. The number of para-hydroxylation sites is 2. The number of quaternary nitrogens is 1. The van der Waals surface area contributed by atoms with E-state index >= 15 is 0 Å². The standard InChI is InChI=1S/C15H15N5/c1-2-6-14-13(5-1)18-15-17-10-19(11-20(14)15)9-12-4-3-7-16-8-12/h1-8H,9-11H2,(H,17,18)/p+1. The molecule has 0 saturated heterocycles. The maximum absolute atomic E-state index is 4.62. The van der Waals surface area contributed by atoms with Gasteiger partial charge in [-0.05, 0) is 18.2 Å². The lowest BCUT2D eigenvalue weighted by atomic mass is 10.3. The summed E-state index contributed by atoms with van der Waals surface area (Å²) in [6, 6.07) is 12.4. The Morgan fingerprint density at radius 2 is 2.15 bits per heavy atom. The molecule has 4 rings (SSSR count). The lowest BCUT2D eigenvalue weighted by Crippen LogP contribution is -3.12. The second-order valence-corrected chi connectivity index (χ2v) is 5.15. The van der Waals surface area contributed by atoms with Crippen molar-refractivity contribution < 1.29 is 4.90 Å². The summed E-state index contributed by atoms with van der Waals surface area (Å²) in [4.78, 5) is 10.3. The fourth-order valence-electron chi connectivity index (χ4n) is 2.76. The Labute approximate surface area is 116 Å². The van der Waals surface area contributed by atoms with Crippen LogP contribution >= 0.6 is 0 Å². The van der Waals surface area contributed by atoms with E-state index in [2.05, 4.69) is 44.1 Å². The van der Waals surface area contributed by atoms with Crippen LogP contribution in [0.4, 0.5) is 5.95 Å².